The summed E-state index contributed by atoms with van der Waals surface area (Å²) >= 11 is 13.7. The van der Waals surface area contributed by atoms with E-state index in [0.717, 1.165) is 32.1 Å². The van der Waals surface area contributed by atoms with Gasteiger partial charge in [-0.3, -0.25) is 4.79 Å². The number of rotatable bonds is 9. The molecule has 1 unspecified atom stereocenters. The molecule has 15 heteroatoms. The van der Waals surface area contributed by atoms with Crippen LogP contribution in [-0.4, -0.2) is 39.6 Å². The van der Waals surface area contributed by atoms with Gasteiger partial charge >= 0.3 is 71.0 Å². The van der Waals surface area contributed by atoms with Crippen molar-refractivity contribution in [3.8, 4) is 11.8 Å². The van der Waals surface area contributed by atoms with Gasteiger partial charge in [0.05, 0.1) is 17.6 Å². The van der Waals surface area contributed by atoms with Crippen LogP contribution >= 0.6 is 71.5 Å². The van der Waals surface area contributed by atoms with Crippen LogP contribution in [0.2, 0.25) is 5.02 Å². The third-order valence-electron chi connectivity index (χ3n) is 6.11. The molecule has 0 saturated heterocycles. The zero-order valence-electron chi connectivity index (χ0n) is 26.3. The van der Waals surface area contributed by atoms with E-state index in [-0.39, 0.29) is 16.9 Å². The van der Waals surface area contributed by atoms with Gasteiger partial charge in [0.15, 0.2) is 5.82 Å². The number of amides is 2. The van der Waals surface area contributed by atoms with Crippen LogP contribution in [0.3, 0.4) is 0 Å². The number of anilines is 5. The van der Waals surface area contributed by atoms with Crippen molar-refractivity contribution in [2.75, 3.05) is 22.5 Å². The summed E-state index contributed by atoms with van der Waals surface area (Å²) < 4.78 is 5.54. The number of hydrogen-bond donors (Lipinski definition) is 4. The number of hydrogen-bond acceptors (Lipinski definition) is 8. The fourth-order valence-corrected chi connectivity index (χ4v) is 4.19. The van der Waals surface area contributed by atoms with E-state index in [2.05, 4.69) is 134 Å². The number of allylic oxidation sites excluding steroid dienone is 2. The second-order valence-corrected chi connectivity index (χ2v) is 45.3. The van der Waals surface area contributed by atoms with Crippen LogP contribution in [-0.2, 0) is 14.5 Å². The van der Waals surface area contributed by atoms with Crippen LogP contribution in [0.5, 0.6) is 0 Å². The van der Waals surface area contributed by atoms with E-state index in [1.165, 1.54) is 12.3 Å². The Balaban J connectivity index is 0.00000124. The number of para-hydroxylation sites is 2. The van der Waals surface area contributed by atoms with Gasteiger partial charge in [-0.1, -0.05) is 48.4 Å². The molecule has 1 aliphatic rings. The quantitative estimate of drug-likeness (QED) is 0.0417. The van der Waals surface area contributed by atoms with Gasteiger partial charge in [-0.15, -0.1) is 0 Å². The molecule has 0 bridgehead atoms. The normalized spacial score (nSPS) is 14.0. The minimum atomic E-state index is -0.405. The first kappa shape index (κ1) is 42.1. The molecule has 256 valence electrons. The first-order chi connectivity index (χ1) is 23.2. The van der Waals surface area contributed by atoms with Crippen molar-refractivity contribution >= 4 is 112 Å². The van der Waals surface area contributed by atoms with Crippen molar-refractivity contribution in [2.24, 2.45) is 0 Å². The predicted molar refractivity (Wildman–Crippen MR) is 218 cm³/mol. The van der Waals surface area contributed by atoms with Crippen LogP contribution in [0.15, 0.2) is 73.6 Å². The number of carbonyl (C=O) groups is 2. The Hall–Kier alpha value is -2.11. The molecule has 48 heavy (non-hydrogen) atoms. The number of alkyl carbamates (subject to hydrolysis) is 1. The van der Waals surface area contributed by atoms with E-state index in [1.807, 2.05) is 6.07 Å². The number of benzene rings is 1. The molecule has 1 atom stereocenters. The maximum absolute atomic E-state index is 12.1. The van der Waals surface area contributed by atoms with Crippen molar-refractivity contribution in [3.05, 3.63) is 91.2 Å². The van der Waals surface area contributed by atoms with Crippen molar-refractivity contribution < 1.29 is 19.2 Å². The van der Waals surface area contributed by atoms with Gasteiger partial charge in [-0.2, -0.15) is 11.9 Å². The molecule has 0 saturated carbocycles. The van der Waals surface area contributed by atoms with Gasteiger partial charge in [0, 0.05) is 24.8 Å². The van der Waals surface area contributed by atoms with Gasteiger partial charge in [0.25, 0.3) is 0 Å². The molecule has 4 N–H and O–H groups in total. The number of carbonyl (C=O) groups excluding carboxylic acids is 2. The minimum absolute atomic E-state index is 0.0437. The molecule has 2 amide bonds. The molecule has 2 aromatic heterocycles. The molecule has 0 radical (unpaired) electrons. The summed E-state index contributed by atoms with van der Waals surface area (Å²) in [6.07, 6.45) is 13.3. The van der Waals surface area contributed by atoms with E-state index in [0.29, 0.717) is 52.5 Å². The topological polar surface area (TPSA) is 130 Å². The predicted octanol–water partition coefficient (Wildman–Crippen LogP) is 9.99. The first-order valence-corrected chi connectivity index (χ1v) is 28.7. The summed E-state index contributed by atoms with van der Waals surface area (Å²) in [5, 5.41) is 12.1. The van der Waals surface area contributed by atoms with E-state index < -0.39 is 6.09 Å². The number of nitrogens with one attached hydrogen (secondary N) is 4. The van der Waals surface area contributed by atoms with Crippen molar-refractivity contribution in [3.63, 3.8) is 0 Å². The van der Waals surface area contributed by atoms with Crippen LogP contribution < -0.4 is 21.3 Å². The average Bonchev–Trinajstić information content (AvgIpc) is 3.05. The summed E-state index contributed by atoms with van der Waals surface area (Å²) in [7, 11) is 0. The van der Waals surface area contributed by atoms with Crippen molar-refractivity contribution in [2.45, 2.75) is 51.6 Å². The Morgan fingerprint density at radius 1 is 1.10 bits per heavy atom. The van der Waals surface area contributed by atoms with Crippen LogP contribution in [0, 0.1) is 18.8 Å². The summed E-state index contributed by atoms with van der Waals surface area (Å²) in [5.74, 6) is 6.33. The molecule has 2 heterocycles. The summed E-state index contributed by atoms with van der Waals surface area (Å²) in [5.41, 5.74) is 2.37. The number of pyridine rings is 1. The zero-order valence-corrected chi connectivity index (χ0v) is 34.9. The fraction of sp³-hybridized carbons (Fsp3) is 0.273. The number of halogens is 4. The van der Waals surface area contributed by atoms with Crippen molar-refractivity contribution in [1.29, 1.82) is 0 Å². The Morgan fingerprint density at radius 3 is 2.58 bits per heavy atom. The van der Waals surface area contributed by atoms with Gasteiger partial charge in [-0.25, -0.2) is 14.8 Å². The van der Waals surface area contributed by atoms with E-state index in [1.54, 1.807) is 43.5 Å². The fourth-order valence-electron chi connectivity index (χ4n) is 4.05. The molecular formula is C33H37ClI3N7O3V-. The average molecular weight is 1050 g/mol. The Labute approximate surface area is 325 Å². The third kappa shape index (κ3) is 17.5. The summed E-state index contributed by atoms with van der Waals surface area (Å²) in [4.78, 5) is 36.7. The standard InChI is InChI=1S/C31H32ClN7O3.C2H5.3HI.V/c1-2-28(40)37-26-15-8-9-16-27(26)38-29-25(32)21-35-30(39-29)36-23-17-19-33-22(20-23)12-10-11-18-34-31(41)42-24-13-6-4-3-5-7-14-24;1-2;;;;/h2-4,8-9,15-17,19-21,24H,1,5-7,11,13-14,18H2,(H,34,41)(H,37,40)(H2,33,35,36,38,39);1H2,2H3;3*1H;/q;-1;;;;+3/p-3/b4-3+;;;;;. The summed E-state index contributed by atoms with van der Waals surface area (Å²) in [6, 6.07) is 10.7. The second-order valence-electron chi connectivity index (χ2n) is 9.49. The number of aromatic nitrogens is 3. The number of nitrogens with zero attached hydrogens (tertiary/aromatic N) is 3. The van der Waals surface area contributed by atoms with E-state index in [9.17, 15) is 9.59 Å². The molecule has 1 aromatic carbocycles. The van der Waals surface area contributed by atoms with Gasteiger partial charge < -0.3 is 32.9 Å². The third-order valence-corrected chi connectivity index (χ3v) is 6.39. The van der Waals surface area contributed by atoms with Crippen molar-refractivity contribution in [1.82, 2.24) is 20.3 Å². The van der Waals surface area contributed by atoms with E-state index >= 15 is 0 Å². The maximum atomic E-state index is 12.1. The SMILES string of the molecule is C=CC(=O)Nc1ccccc1Nc1nc(Nc2ccnc(C#CCCNC(=O)OC3CC/C=C/CCC3)c2)ncc1Cl.[CH2-]C.[I][V]([I])[I]. The van der Waals surface area contributed by atoms with Crippen LogP contribution in [0.25, 0.3) is 0 Å². The first-order valence-electron chi connectivity index (χ1n) is 14.8. The molecule has 3 aromatic rings. The zero-order chi connectivity index (χ0) is 35.1. The van der Waals surface area contributed by atoms with Crippen LogP contribution in [0.4, 0.5) is 33.6 Å². The molecule has 0 aliphatic heterocycles. The Bertz CT molecular complexity index is 1570. The number of ether oxygens (including phenoxy) is 1. The second kappa shape index (κ2) is 24.9. The summed E-state index contributed by atoms with van der Waals surface area (Å²) in [6.45, 7) is 8.86. The van der Waals surface area contributed by atoms with Gasteiger partial charge in [0.1, 0.15) is 16.8 Å². The molecule has 1 aliphatic carbocycles. The van der Waals surface area contributed by atoms with Crippen LogP contribution in [0.1, 0.15) is 51.1 Å². The monoisotopic (exact) mass is 1050 g/mol. The Morgan fingerprint density at radius 2 is 1.83 bits per heavy atom. The molecule has 4 rings (SSSR count). The molecule has 0 spiro atoms. The van der Waals surface area contributed by atoms with Gasteiger partial charge in [-0.05, 0) is 68.4 Å². The molecule has 10 nitrogen and oxygen atoms in total. The van der Waals surface area contributed by atoms with E-state index in [4.69, 9.17) is 16.3 Å². The van der Waals surface area contributed by atoms with Gasteiger partial charge in [0.2, 0.25) is 11.9 Å². The Kier molecular flexibility index (Phi) is 21.9. The molecular weight excluding hydrogens is 1010 g/mol. The molecule has 0 fully saturated rings.